The summed E-state index contributed by atoms with van der Waals surface area (Å²) in [5.74, 6) is -1.02. The Bertz CT molecular complexity index is 1090. The molecule has 1 N–H and O–H groups in total. The van der Waals surface area contributed by atoms with Crippen LogP contribution < -0.4 is 0 Å². The topological polar surface area (TPSA) is 99.1 Å². The molecule has 0 aromatic carbocycles. The Morgan fingerprint density at radius 1 is 0.950 bits per heavy atom. The fraction of sp³-hybridized carbons (Fsp3) is 0.848. The molecular formula is C33H52O7. The Morgan fingerprint density at radius 3 is 2.17 bits per heavy atom. The smallest absolute Gasteiger partial charge is 0.312 e. The summed E-state index contributed by atoms with van der Waals surface area (Å²) in [5.41, 5.74) is -2.42. The molecule has 226 valence electrons. The number of hydrogen-bond donors (Lipinski definition) is 1. The van der Waals surface area contributed by atoms with Crippen molar-refractivity contribution in [3.8, 4) is 0 Å². The number of methoxy groups -OCH3 is 3. The van der Waals surface area contributed by atoms with Gasteiger partial charge in [-0.3, -0.25) is 14.4 Å². The van der Waals surface area contributed by atoms with Gasteiger partial charge in [0.2, 0.25) is 0 Å². The Balaban J connectivity index is 1.90. The van der Waals surface area contributed by atoms with Gasteiger partial charge in [0.15, 0.2) is 0 Å². The standard InChI is InChI=1S/C33H52O7/c1-20-13-16-33(27(36)40-10)18-17-30(5)21(25(33)32(20,7)37)11-12-23-29(4,19-24(34)38-8)22(14-15-31(23,30)6)28(2,3)26(35)39-9/h11,20,22-23,25,37H,12-19H2,1-10H3/t20-,22-,23+,25+,29-,30+,31+,32-,33+/m1/s1. The van der Waals surface area contributed by atoms with Crippen molar-refractivity contribution in [1.82, 2.24) is 0 Å². The highest BCUT2D eigenvalue weighted by Gasteiger charge is 2.71. The number of allylic oxidation sites excluding steroid dienone is 1. The van der Waals surface area contributed by atoms with Gasteiger partial charge < -0.3 is 19.3 Å². The number of fused-ring (bicyclic) bond motifs is 5. The summed E-state index contributed by atoms with van der Waals surface area (Å²) in [5, 5.41) is 12.1. The van der Waals surface area contributed by atoms with Crippen LogP contribution in [0.25, 0.3) is 0 Å². The van der Waals surface area contributed by atoms with Crippen LogP contribution in [0.1, 0.15) is 99.8 Å². The molecule has 0 radical (unpaired) electrons. The van der Waals surface area contributed by atoms with Gasteiger partial charge in [-0.05, 0) is 99.7 Å². The lowest BCUT2D eigenvalue weighted by atomic mass is 9.34. The third-order valence-corrected chi connectivity index (χ3v) is 13.3. The van der Waals surface area contributed by atoms with Gasteiger partial charge in [0.1, 0.15) is 0 Å². The van der Waals surface area contributed by atoms with Crippen molar-refractivity contribution < 1.29 is 33.7 Å². The zero-order valence-corrected chi connectivity index (χ0v) is 26.4. The van der Waals surface area contributed by atoms with Crippen LogP contribution in [0.2, 0.25) is 0 Å². The fourth-order valence-corrected chi connectivity index (χ4v) is 10.6. The van der Waals surface area contributed by atoms with Crippen molar-refractivity contribution in [3.05, 3.63) is 11.6 Å². The largest absolute Gasteiger partial charge is 0.469 e. The van der Waals surface area contributed by atoms with E-state index in [0.29, 0.717) is 19.3 Å². The first-order valence-electron chi connectivity index (χ1n) is 15.1. The van der Waals surface area contributed by atoms with E-state index >= 15 is 0 Å². The normalized spacial score (nSPS) is 44.7. The van der Waals surface area contributed by atoms with Gasteiger partial charge in [0, 0.05) is 5.92 Å². The molecule has 4 rings (SSSR count). The molecule has 0 aromatic heterocycles. The van der Waals surface area contributed by atoms with Gasteiger partial charge in [0.05, 0.1) is 44.2 Å². The zero-order valence-electron chi connectivity index (χ0n) is 26.4. The summed E-state index contributed by atoms with van der Waals surface area (Å²) in [6.45, 7) is 14.7. The molecule has 3 fully saturated rings. The van der Waals surface area contributed by atoms with Gasteiger partial charge >= 0.3 is 17.9 Å². The lowest BCUT2D eigenvalue weighted by Gasteiger charge is -2.70. The summed E-state index contributed by atoms with van der Waals surface area (Å²) in [4.78, 5) is 39.5. The van der Waals surface area contributed by atoms with Crippen LogP contribution in [0, 0.1) is 50.7 Å². The van der Waals surface area contributed by atoms with Crippen molar-refractivity contribution in [1.29, 1.82) is 0 Å². The third-order valence-electron chi connectivity index (χ3n) is 13.3. The molecule has 0 spiro atoms. The molecule has 7 heteroatoms. The second-order valence-corrected chi connectivity index (χ2v) is 15.0. The van der Waals surface area contributed by atoms with Crippen LogP contribution in [-0.2, 0) is 28.6 Å². The van der Waals surface area contributed by atoms with E-state index in [2.05, 4.69) is 33.8 Å². The van der Waals surface area contributed by atoms with E-state index in [4.69, 9.17) is 14.2 Å². The first-order chi connectivity index (χ1) is 18.4. The van der Waals surface area contributed by atoms with Gasteiger partial charge in [-0.15, -0.1) is 0 Å². The molecule has 4 aliphatic rings. The Hall–Kier alpha value is -1.89. The molecule has 9 atom stereocenters. The van der Waals surface area contributed by atoms with Crippen molar-refractivity contribution in [2.45, 2.75) is 105 Å². The van der Waals surface area contributed by atoms with E-state index in [1.165, 1.54) is 26.9 Å². The minimum absolute atomic E-state index is 0.0465. The molecule has 40 heavy (non-hydrogen) atoms. The number of hydrogen-bond acceptors (Lipinski definition) is 7. The number of rotatable bonds is 5. The number of aliphatic hydroxyl groups is 1. The minimum Gasteiger partial charge on any atom is -0.469 e. The van der Waals surface area contributed by atoms with Crippen LogP contribution in [0.15, 0.2) is 11.6 Å². The Labute approximate surface area is 240 Å². The van der Waals surface area contributed by atoms with E-state index < -0.39 is 21.8 Å². The summed E-state index contributed by atoms with van der Waals surface area (Å²) in [7, 11) is 4.32. The molecular weight excluding hydrogens is 508 g/mol. The van der Waals surface area contributed by atoms with E-state index in [1.54, 1.807) is 0 Å². The molecule has 4 aliphatic carbocycles. The summed E-state index contributed by atoms with van der Waals surface area (Å²) < 4.78 is 15.9. The van der Waals surface area contributed by atoms with E-state index in [-0.39, 0.29) is 58.8 Å². The summed E-state index contributed by atoms with van der Waals surface area (Å²) >= 11 is 0. The van der Waals surface area contributed by atoms with Gasteiger partial charge in [0.25, 0.3) is 0 Å². The van der Waals surface area contributed by atoms with Crippen molar-refractivity contribution in [2.75, 3.05) is 21.3 Å². The molecule has 7 nitrogen and oxygen atoms in total. The van der Waals surface area contributed by atoms with Crippen molar-refractivity contribution in [2.24, 2.45) is 50.7 Å². The first kappa shape index (κ1) is 31.1. The zero-order chi connectivity index (χ0) is 30.1. The highest BCUT2D eigenvalue weighted by Crippen LogP contribution is 2.75. The number of ether oxygens (including phenoxy) is 3. The number of carbonyl (C=O) groups is 3. The average Bonchev–Trinajstić information content (AvgIpc) is 2.89. The summed E-state index contributed by atoms with van der Waals surface area (Å²) in [6.07, 6.45) is 7.83. The van der Waals surface area contributed by atoms with Crippen LogP contribution in [0.3, 0.4) is 0 Å². The lowest BCUT2D eigenvalue weighted by Crippen LogP contribution is -2.67. The van der Waals surface area contributed by atoms with Gasteiger partial charge in [-0.1, -0.05) is 39.3 Å². The SMILES string of the molecule is COC(=O)C[C@]1(C)[C@@H](C(C)(C)C(=O)OC)CC[C@@]2(C)[C@H]1CC=C1[C@@H]3[C@](C(=O)OC)(CC[C@@H](C)[C@@]3(C)O)CC[C@@]12C. The van der Waals surface area contributed by atoms with Crippen LogP contribution >= 0.6 is 0 Å². The predicted molar refractivity (Wildman–Crippen MR) is 152 cm³/mol. The molecule has 0 heterocycles. The maximum absolute atomic E-state index is 13.5. The molecule has 0 saturated heterocycles. The van der Waals surface area contributed by atoms with Gasteiger partial charge in [-0.2, -0.15) is 0 Å². The predicted octanol–water partition coefficient (Wildman–Crippen LogP) is 5.87. The van der Waals surface area contributed by atoms with E-state index in [9.17, 15) is 19.5 Å². The van der Waals surface area contributed by atoms with Crippen LogP contribution in [0.4, 0.5) is 0 Å². The van der Waals surface area contributed by atoms with E-state index in [1.807, 2.05) is 20.8 Å². The molecule has 3 saturated carbocycles. The molecule has 0 unspecified atom stereocenters. The van der Waals surface area contributed by atoms with Crippen LogP contribution in [0.5, 0.6) is 0 Å². The van der Waals surface area contributed by atoms with Crippen molar-refractivity contribution >= 4 is 17.9 Å². The third kappa shape index (κ3) is 3.95. The maximum Gasteiger partial charge on any atom is 0.312 e. The molecule has 0 amide bonds. The Morgan fingerprint density at radius 2 is 1.60 bits per heavy atom. The second-order valence-electron chi connectivity index (χ2n) is 15.0. The van der Waals surface area contributed by atoms with Crippen LogP contribution in [-0.4, -0.2) is 49.9 Å². The summed E-state index contributed by atoms with van der Waals surface area (Å²) in [6, 6.07) is 0. The molecule has 0 bridgehead atoms. The van der Waals surface area contributed by atoms with Gasteiger partial charge in [-0.25, -0.2) is 0 Å². The molecule has 0 aliphatic heterocycles. The highest BCUT2D eigenvalue weighted by atomic mass is 16.5. The second kappa shape index (κ2) is 9.84. The Kier molecular flexibility index (Phi) is 7.64. The number of carbonyl (C=O) groups excluding carboxylic acids is 3. The average molecular weight is 561 g/mol. The number of esters is 3. The first-order valence-corrected chi connectivity index (χ1v) is 15.1. The minimum atomic E-state index is -1.05. The fourth-order valence-electron chi connectivity index (χ4n) is 10.6. The maximum atomic E-state index is 13.5. The highest BCUT2D eigenvalue weighted by molar-refractivity contribution is 5.79. The van der Waals surface area contributed by atoms with Crippen molar-refractivity contribution in [3.63, 3.8) is 0 Å². The monoisotopic (exact) mass is 560 g/mol. The molecule has 0 aromatic rings. The van der Waals surface area contributed by atoms with E-state index in [0.717, 1.165) is 25.7 Å². The lowest BCUT2D eigenvalue weighted by molar-refractivity contribution is -0.208. The quantitative estimate of drug-likeness (QED) is 0.255.